The lowest BCUT2D eigenvalue weighted by atomic mass is 9.95. The van der Waals surface area contributed by atoms with Crippen LogP contribution in [0.4, 0.5) is 0 Å². The van der Waals surface area contributed by atoms with Crippen LogP contribution < -0.4 is 5.32 Å². The summed E-state index contributed by atoms with van der Waals surface area (Å²) in [6, 6.07) is 10.5. The van der Waals surface area contributed by atoms with Gasteiger partial charge in [-0.05, 0) is 56.2 Å². The number of piperazine rings is 1. The molecule has 1 saturated heterocycles. The van der Waals surface area contributed by atoms with E-state index in [0.717, 1.165) is 21.2 Å². The van der Waals surface area contributed by atoms with Crippen molar-refractivity contribution < 1.29 is 18.0 Å². The van der Waals surface area contributed by atoms with Gasteiger partial charge in [0.15, 0.2) is 0 Å². The number of aryl methyl sites for hydroxylation is 1. The van der Waals surface area contributed by atoms with Crippen LogP contribution in [-0.2, 0) is 26.0 Å². The van der Waals surface area contributed by atoms with Crippen LogP contribution in [0.25, 0.3) is 0 Å². The van der Waals surface area contributed by atoms with Crippen molar-refractivity contribution in [3.05, 3.63) is 52.2 Å². The number of carbonyl (C=O) groups is 2. The highest BCUT2D eigenvalue weighted by Crippen LogP contribution is 2.28. The number of nitrogens with zero attached hydrogens (tertiary/aromatic N) is 2. The second kappa shape index (κ2) is 10.4. The fourth-order valence-corrected chi connectivity index (χ4v) is 6.11. The SMILES string of the molecule is Cc1ccc(S(=O)(=O)N2CC(=O)N(CCc3cccs3)C(C)(C(=O)NCCC(C)C)C2)cc1. The lowest BCUT2D eigenvalue weighted by Crippen LogP contribution is -2.70. The summed E-state index contributed by atoms with van der Waals surface area (Å²) in [7, 11) is -3.92. The van der Waals surface area contributed by atoms with Crippen molar-refractivity contribution in [2.75, 3.05) is 26.2 Å². The zero-order valence-electron chi connectivity index (χ0n) is 19.7. The van der Waals surface area contributed by atoms with Crippen molar-refractivity contribution >= 4 is 33.2 Å². The highest BCUT2D eigenvalue weighted by atomic mass is 32.2. The number of hydrogen-bond acceptors (Lipinski definition) is 5. The van der Waals surface area contributed by atoms with Crippen LogP contribution in [0, 0.1) is 12.8 Å². The third kappa shape index (κ3) is 5.83. The molecule has 1 aromatic heterocycles. The van der Waals surface area contributed by atoms with Gasteiger partial charge in [0.05, 0.1) is 11.4 Å². The molecular formula is C24H33N3O4S2. The van der Waals surface area contributed by atoms with Crippen molar-refractivity contribution in [1.82, 2.24) is 14.5 Å². The van der Waals surface area contributed by atoms with Crippen LogP contribution in [0.3, 0.4) is 0 Å². The molecule has 2 aromatic rings. The Morgan fingerprint density at radius 2 is 1.91 bits per heavy atom. The van der Waals surface area contributed by atoms with Crippen LogP contribution in [0.15, 0.2) is 46.7 Å². The molecule has 0 radical (unpaired) electrons. The second-order valence-electron chi connectivity index (χ2n) is 9.17. The van der Waals surface area contributed by atoms with Gasteiger partial charge in [0.1, 0.15) is 5.54 Å². The fourth-order valence-electron chi connectivity index (χ4n) is 3.93. The summed E-state index contributed by atoms with van der Waals surface area (Å²) >= 11 is 1.60. The average molecular weight is 492 g/mol. The van der Waals surface area contributed by atoms with Gasteiger partial charge in [0.25, 0.3) is 0 Å². The summed E-state index contributed by atoms with van der Waals surface area (Å²) in [4.78, 5) is 29.4. The Morgan fingerprint density at radius 1 is 1.21 bits per heavy atom. The van der Waals surface area contributed by atoms with Crippen molar-refractivity contribution in [3.63, 3.8) is 0 Å². The molecule has 0 bridgehead atoms. The number of carbonyl (C=O) groups excluding carboxylic acids is 2. The third-order valence-electron chi connectivity index (χ3n) is 6.01. The van der Waals surface area contributed by atoms with Gasteiger partial charge in [0.2, 0.25) is 21.8 Å². The van der Waals surface area contributed by atoms with Crippen molar-refractivity contribution in [1.29, 1.82) is 0 Å². The Morgan fingerprint density at radius 3 is 2.52 bits per heavy atom. The molecule has 1 aliphatic heterocycles. The van der Waals surface area contributed by atoms with E-state index < -0.39 is 15.6 Å². The summed E-state index contributed by atoms with van der Waals surface area (Å²) in [5.41, 5.74) is -0.362. The topological polar surface area (TPSA) is 86.8 Å². The van der Waals surface area contributed by atoms with E-state index in [-0.39, 0.29) is 29.8 Å². The molecule has 33 heavy (non-hydrogen) atoms. The highest BCUT2D eigenvalue weighted by Gasteiger charge is 2.50. The number of amides is 2. The van der Waals surface area contributed by atoms with E-state index in [1.165, 1.54) is 0 Å². The Kier molecular flexibility index (Phi) is 7.97. The first-order chi connectivity index (χ1) is 15.5. The van der Waals surface area contributed by atoms with Crippen molar-refractivity contribution in [2.45, 2.75) is 51.0 Å². The van der Waals surface area contributed by atoms with Gasteiger partial charge in [-0.2, -0.15) is 4.31 Å². The number of sulfonamides is 1. The molecule has 0 saturated carbocycles. The minimum absolute atomic E-state index is 0.0904. The first-order valence-electron chi connectivity index (χ1n) is 11.2. The Balaban J connectivity index is 1.88. The maximum atomic E-state index is 13.3. The first kappa shape index (κ1) is 25.4. The number of hydrogen-bond donors (Lipinski definition) is 1. The van der Waals surface area contributed by atoms with Crippen molar-refractivity contribution in [2.24, 2.45) is 5.92 Å². The minimum atomic E-state index is -3.92. The molecule has 0 aliphatic carbocycles. The molecule has 2 heterocycles. The standard InChI is InChI=1S/C24H33N3O4S2/c1-18(2)11-13-25-23(29)24(4)17-26(33(30,31)21-9-7-19(3)8-10-21)16-22(28)27(24)14-12-20-6-5-15-32-20/h5-10,15,18H,11-14,16-17H2,1-4H3,(H,25,29). The lowest BCUT2D eigenvalue weighted by molar-refractivity contribution is -0.152. The molecule has 1 N–H and O–H groups in total. The molecular weight excluding hydrogens is 458 g/mol. The molecule has 7 nitrogen and oxygen atoms in total. The molecule has 9 heteroatoms. The molecule has 0 spiro atoms. The molecule has 1 atom stereocenters. The smallest absolute Gasteiger partial charge is 0.247 e. The van der Waals surface area contributed by atoms with Crippen molar-refractivity contribution in [3.8, 4) is 0 Å². The zero-order valence-corrected chi connectivity index (χ0v) is 21.3. The summed E-state index contributed by atoms with van der Waals surface area (Å²) < 4.78 is 27.8. The number of rotatable bonds is 9. The van der Waals surface area contributed by atoms with Crippen LogP contribution >= 0.6 is 11.3 Å². The Labute approximate surface area is 200 Å². The van der Waals surface area contributed by atoms with Crippen LogP contribution in [0.2, 0.25) is 0 Å². The third-order valence-corrected chi connectivity index (χ3v) is 8.75. The normalized spacial score (nSPS) is 19.8. The van der Waals surface area contributed by atoms with Gasteiger partial charge >= 0.3 is 0 Å². The summed E-state index contributed by atoms with van der Waals surface area (Å²) in [5, 5.41) is 4.91. The largest absolute Gasteiger partial charge is 0.354 e. The van der Waals surface area contributed by atoms with Crippen LogP contribution in [0.5, 0.6) is 0 Å². The number of nitrogens with one attached hydrogen (secondary N) is 1. The zero-order chi connectivity index (χ0) is 24.2. The van der Waals surface area contributed by atoms with Gasteiger partial charge in [-0.3, -0.25) is 9.59 Å². The monoisotopic (exact) mass is 491 g/mol. The number of thiophene rings is 1. The van der Waals surface area contributed by atoms with E-state index in [2.05, 4.69) is 19.2 Å². The van der Waals surface area contributed by atoms with E-state index >= 15 is 0 Å². The van der Waals surface area contributed by atoms with Gasteiger partial charge in [-0.25, -0.2) is 8.42 Å². The lowest BCUT2D eigenvalue weighted by Gasteiger charge is -2.46. The molecule has 2 amide bonds. The first-order valence-corrected chi connectivity index (χ1v) is 13.5. The molecule has 1 aromatic carbocycles. The molecule has 1 fully saturated rings. The second-order valence-corrected chi connectivity index (χ2v) is 12.1. The van der Waals surface area contributed by atoms with Gasteiger partial charge in [-0.15, -0.1) is 11.3 Å². The molecule has 1 aliphatic rings. The summed E-state index contributed by atoms with van der Waals surface area (Å²) in [6.45, 7) is 8.15. The maximum absolute atomic E-state index is 13.3. The van der Waals surface area contributed by atoms with Gasteiger partial charge < -0.3 is 10.2 Å². The Bertz CT molecular complexity index is 1070. The van der Waals surface area contributed by atoms with E-state index in [0.29, 0.717) is 25.4 Å². The predicted octanol–water partition coefficient (Wildman–Crippen LogP) is 3.05. The maximum Gasteiger partial charge on any atom is 0.247 e. The minimum Gasteiger partial charge on any atom is -0.354 e. The van der Waals surface area contributed by atoms with Crippen LogP contribution in [0.1, 0.15) is 37.6 Å². The van der Waals surface area contributed by atoms with E-state index in [4.69, 9.17) is 0 Å². The summed E-state index contributed by atoms with van der Waals surface area (Å²) in [5.74, 6) is -0.277. The number of benzene rings is 1. The average Bonchev–Trinajstić information content (AvgIpc) is 3.26. The molecule has 3 rings (SSSR count). The Hall–Kier alpha value is -2.23. The van der Waals surface area contributed by atoms with Crippen LogP contribution in [-0.4, -0.2) is 61.2 Å². The molecule has 180 valence electrons. The van der Waals surface area contributed by atoms with Gasteiger partial charge in [-0.1, -0.05) is 37.6 Å². The highest BCUT2D eigenvalue weighted by molar-refractivity contribution is 7.89. The van der Waals surface area contributed by atoms with E-state index in [1.807, 2.05) is 24.4 Å². The fraction of sp³-hybridized carbons (Fsp3) is 0.500. The molecule has 1 unspecified atom stereocenters. The van der Waals surface area contributed by atoms with Gasteiger partial charge in [0, 0.05) is 24.5 Å². The summed E-state index contributed by atoms with van der Waals surface area (Å²) in [6.07, 6.45) is 1.42. The predicted molar refractivity (Wildman–Crippen MR) is 131 cm³/mol. The van der Waals surface area contributed by atoms with E-state index in [1.54, 1.807) is 47.4 Å². The van der Waals surface area contributed by atoms with E-state index in [9.17, 15) is 18.0 Å². The quantitative estimate of drug-likeness (QED) is 0.584.